The topological polar surface area (TPSA) is 89.2 Å². The van der Waals surface area contributed by atoms with E-state index in [1.807, 2.05) is 6.07 Å². The highest BCUT2D eigenvalue weighted by molar-refractivity contribution is 7.47. The second kappa shape index (κ2) is 3.91. The summed E-state index contributed by atoms with van der Waals surface area (Å²) in [5, 5.41) is 1.49. The molecular weight excluding hydrogens is 225 g/mol. The van der Waals surface area contributed by atoms with E-state index in [4.69, 9.17) is 5.73 Å². The summed E-state index contributed by atoms with van der Waals surface area (Å²) >= 11 is 0. The molecule has 2 N–H and O–H groups in total. The molecule has 0 bridgehead atoms. The number of benzene rings is 2. The molecule has 0 fully saturated rings. The fraction of sp³-hybridized carbons (Fsp3) is 0.0909. The maximum atomic E-state index is 10.8. The molecule has 0 amide bonds. The van der Waals surface area contributed by atoms with Gasteiger partial charge >= 0.3 is 0 Å². The summed E-state index contributed by atoms with van der Waals surface area (Å²) in [6.07, 6.45) is -0.478. The molecule has 0 aliphatic carbocycles. The van der Waals surface area contributed by atoms with Gasteiger partial charge in [0.25, 0.3) is 0 Å². The molecule has 4 nitrogen and oxygen atoms in total. The van der Waals surface area contributed by atoms with Crippen LogP contribution in [0.2, 0.25) is 0 Å². The summed E-state index contributed by atoms with van der Waals surface area (Å²) in [6, 6.07) is 10.4. The molecule has 5 heteroatoms. The molecule has 2 aromatic rings. The zero-order valence-corrected chi connectivity index (χ0v) is 9.31. The average molecular weight is 235 g/mol. The van der Waals surface area contributed by atoms with E-state index in [0.717, 1.165) is 10.8 Å². The number of nitrogen functional groups attached to an aromatic ring is 1. The molecule has 0 atom stereocenters. The molecule has 0 saturated carbocycles. The Morgan fingerprint density at radius 3 is 2.31 bits per heavy atom. The van der Waals surface area contributed by atoms with Crippen LogP contribution in [-0.2, 0) is 10.7 Å². The third-order valence-electron chi connectivity index (χ3n) is 2.41. The van der Waals surface area contributed by atoms with Gasteiger partial charge in [-0.15, -0.1) is 0 Å². The SMILES string of the molecule is Nc1ccc(CP(=O)([O-])[O-])c2ccccc12. The Bertz CT molecular complexity index is 576. The van der Waals surface area contributed by atoms with Crippen LogP contribution in [0, 0.1) is 0 Å². The lowest BCUT2D eigenvalue weighted by atomic mass is 10.0. The normalized spacial score (nSPS) is 11.9. The Balaban J connectivity index is 2.63. The predicted octanol–water partition coefficient (Wildman–Crippen LogP) is 0.836. The maximum Gasteiger partial charge on any atom is 0.0393 e. The summed E-state index contributed by atoms with van der Waals surface area (Å²) in [4.78, 5) is 21.5. The van der Waals surface area contributed by atoms with Crippen LogP contribution < -0.4 is 15.5 Å². The Kier molecular flexibility index (Phi) is 2.72. The van der Waals surface area contributed by atoms with Crippen LogP contribution in [0.5, 0.6) is 0 Å². The van der Waals surface area contributed by atoms with E-state index in [1.54, 1.807) is 30.3 Å². The van der Waals surface area contributed by atoms with Gasteiger partial charge in [0.1, 0.15) is 0 Å². The van der Waals surface area contributed by atoms with E-state index in [1.165, 1.54) is 0 Å². The van der Waals surface area contributed by atoms with Crippen molar-refractivity contribution in [1.29, 1.82) is 0 Å². The fourth-order valence-corrected chi connectivity index (χ4v) is 2.42. The van der Waals surface area contributed by atoms with Crippen molar-refractivity contribution in [2.75, 3.05) is 5.73 Å². The lowest BCUT2D eigenvalue weighted by Crippen LogP contribution is -2.15. The first-order valence-corrected chi connectivity index (χ1v) is 6.47. The predicted molar refractivity (Wildman–Crippen MR) is 59.7 cm³/mol. The molecule has 0 radical (unpaired) electrons. The van der Waals surface area contributed by atoms with Gasteiger partial charge in [-0.1, -0.05) is 37.9 Å². The molecule has 0 heterocycles. The van der Waals surface area contributed by atoms with Crippen molar-refractivity contribution in [3.8, 4) is 0 Å². The summed E-state index contributed by atoms with van der Waals surface area (Å²) in [5.74, 6) is 0. The standard InChI is InChI=1S/C11H12NO3P/c12-11-6-5-8(7-16(13,14)15)9-3-1-2-4-10(9)11/h1-6H,7,12H2,(H2,13,14,15)/p-2. The smallest absolute Gasteiger partial charge is 0.0393 e. The minimum absolute atomic E-state index is 0.478. The lowest BCUT2D eigenvalue weighted by molar-refractivity contribution is -0.314. The van der Waals surface area contributed by atoms with Crippen LogP contribution in [0.1, 0.15) is 5.56 Å². The highest BCUT2D eigenvalue weighted by Crippen LogP contribution is 2.34. The molecule has 0 aromatic heterocycles. The molecule has 16 heavy (non-hydrogen) atoms. The number of anilines is 1. The number of rotatable bonds is 2. The van der Waals surface area contributed by atoms with Crippen molar-refractivity contribution < 1.29 is 14.4 Å². The van der Waals surface area contributed by atoms with Gasteiger partial charge in [-0.2, -0.15) is 0 Å². The minimum Gasteiger partial charge on any atom is -0.810 e. The minimum atomic E-state index is -4.55. The van der Waals surface area contributed by atoms with Crippen molar-refractivity contribution in [3.63, 3.8) is 0 Å². The average Bonchev–Trinajstić information content (AvgIpc) is 2.21. The number of hydrogen-bond donors (Lipinski definition) is 1. The molecule has 0 saturated heterocycles. The first-order valence-electron chi connectivity index (χ1n) is 4.74. The van der Waals surface area contributed by atoms with Crippen LogP contribution in [0.4, 0.5) is 5.69 Å². The second-order valence-electron chi connectivity index (χ2n) is 3.63. The highest BCUT2D eigenvalue weighted by atomic mass is 31.2. The van der Waals surface area contributed by atoms with E-state index in [0.29, 0.717) is 11.3 Å². The van der Waals surface area contributed by atoms with Gasteiger partial charge in [0.15, 0.2) is 0 Å². The Morgan fingerprint density at radius 1 is 1.06 bits per heavy atom. The molecule has 2 rings (SSSR count). The quantitative estimate of drug-likeness (QED) is 0.616. The summed E-state index contributed by atoms with van der Waals surface area (Å²) in [7, 11) is -4.55. The van der Waals surface area contributed by atoms with E-state index < -0.39 is 13.8 Å². The molecular formula is C11H10NO3P-2. The first-order chi connectivity index (χ1) is 7.47. The molecule has 0 aliphatic rings. The van der Waals surface area contributed by atoms with Gasteiger partial charge in [-0.25, -0.2) is 0 Å². The largest absolute Gasteiger partial charge is 0.810 e. The first kappa shape index (κ1) is 11.1. The van der Waals surface area contributed by atoms with Crippen molar-refractivity contribution >= 4 is 24.1 Å². The van der Waals surface area contributed by atoms with E-state index in [2.05, 4.69) is 0 Å². The third kappa shape index (κ3) is 2.25. The number of fused-ring (bicyclic) bond motifs is 1. The van der Waals surface area contributed by atoms with Gasteiger partial charge in [0.05, 0.1) is 0 Å². The molecule has 0 aliphatic heterocycles. The van der Waals surface area contributed by atoms with Gasteiger partial charge in [-0.3, -0.25) is 0 Å². The van der Waals surface area contributed by atoms with Crippen molar-refractivity contribution in [3.05, 3.63) is 42.0 Å². The maximum absolute atomic E-state index is 10.8. The van der Waals surface area contributed by atoms with E-state index >= 15 is 0 Å². The van der Waals surface area contributed by atoms with E-state index in [-0.39, 0.29) is 0 Å². The van der Waals surface area contributed by atoms with E-state index in [9.17, 15) is 14.4 Å². The second-order valence-corrected chi connectivity index (χ2v) is 5.17. The fourth-order valence-electron chi connectivity index (χ4n) is 1.73. The molecule has 0 spiro atoms. The van der Waals surface area contributed by atoms with Crippen molar-refractivity contribution in [2.24, 2.45) is 0 Å². The highest BCUT2D eigenvalue weighted by Gasteiger charge is 2.04. The van der Waals surface area contributed by atoms with Crippen LogP contribution in [-0.4, -0.2) is 0 Å². The lowest BCUT2D eigenvalue weighted by Gasteiger charge is -2.30. The summed E-state index contributed by atoms with van der Waals surface area (Å²) in [5.41, 5.74) is 6.84. The van der Waals surface area contributed by atoms with Crippen LogP contribution in [0.25, 0.3) is 10.8 Å². The summed E-state index contributed by atoms with van der Waals surface area (Å²) < 4.78 is 10.8. The summed E-state index contributed by atoms with van der Waals surface area (Å²) in [6.45, 7) is 0. The van der Waals surface area contributed by atoms with Crippen LogP contribution in [0.15, 0.2) is 36.4 Å². The van der Waals surface area contributed by atoms with Gasteiger partial charge in [0, 0.05) is 17.2 Å². The van der Waals surface area contributed by atoms with Crippen molar-refractivity contribution in [2.45, 2.75) is 6.16 Å². The third-order valence-corrected chi connectivity index (χ3v) is 3.14. The zero-order valence-electron chi connectivity index (χ0n) is 8.42. The number of hydrogen-bond acceptors (Lipinski definition) is 4. The Hall–Kier alpha value is -1.35. The Labute approximate surface area is 92.9 Å². The van der Waals surface area contributed by atoms with Gasteiger partial charge in [-0.05, 0) is 17.0 Å². The van der Waals surface area contributed by atoms with Gasteiger partial charge < -0.3 is 20.1 Å². The zero-order chi connectivity index (χ0) is 11.8. The molecule has 0 unspecified atom stereocenters. The van der Waals surface area contributed by atoms with Crippen molar-refractivity contribution in [1.82, 2.24) is 0 Å². The van der Waals surface area contributed by atoms with Crippen LogP contribution in [0.3, 0.4) is 0 Å². The number of nitrogens with two attached hydrogens (primary N) is 1. The molecule has 2 aromatic carbocycles. The Morgan fingerprint density at radius 2 is 1.69 bits per heavy atom. The van der Waals surface area contributed by atoms with Crippen LogP contribution >= 0.6 is 7.60 Å². The monoisotopic (exact) mass is 235 g/mol. The van der Waals surface area contributed by atoms with Gasteiger partial charge in [0.2, 0.25) is 0 Å². The molecule has 84 valence electrons.